The van der Waals surface area contributed by atoms with Crippen LogP contribution >= 0.6 is 12.2 Å². The van der Waals surface area contributed by atoms with Gasteiger partial charge in [-0.15, -0.1) is 0 Å². The molecule has 1 aromatic heterocycles. The van der Waals surface area contributed by atoms with Gasteiger partial charge in [0.25, 0.3) is 17.2 Å². The first-order valence-electron chi connectivity index (χ1n) is 9.63. The second-order valence-electron chi connectivity index (χ2n) is 7.04. The quantitative estimate of drug-likeness (QED) is 0.239. The number of benzene rings is 2. The van der Waals surface area contributed by atoms with Gasteiger partial charge in [0.1, 0.15) is 0 Å². The highest BCUT2D eigenvalue weighted by atomic mass is 32.1. The van der Waals surface area contributed by atoms with Crippen molar-refractivity contribution in [1.82, 2.24) is 14.9 Å². The topological polar surface area (TPSA) is 119 Å². The molecule has 0 saturated carbocycles. The molecule has 162 valence electrons. The van der Waals surface area contributed by atoms with Gasteiger partial charge in [0.05, 0.1) is 21.9 Å². The molecule has 1 atom stereocenters. The van der Waals surface area contributed by atoms with Crippen LogP contribution in [-0.2, 0) is 11.3 Å². The van der Waals surface area contributed by atoms with Crippen molar-refractivity contribution in [2.24, 2.45) is 0 Å². The minimum Gasteiger partial charge on any atom is -0.385 e. The van der Waals surface area contributed by atoms with Gasteiger partial charge in [-0.2, -0.15) is 0 Å². The lowest BCUT2D eigenvalue weighted by molar-refractivity contribution is -0.384. The van der Waals surface area contributed by atoms with Crippen molar-refractivity contribution >= 4 is 34.7 Å². The van der Waals surface area contributed by atoms with E-state index in [1.165, 1.54) is 16.7 Å². The highest BCUT2D eigenvalue weighted by Crippen LogP contribution is 2.20. The molecule has 0 aliphatic carbocycles. The molecule has 3 aromatic rings. The lowest BCUT2D eigenvalue weighted by Crippen LogP contribution is -2.27. The third kappa shape index (κ3) is 5.04. The minimum atomic E-state index is -0.480. The van der Waals surface area contributed by atoms with E-state index in [4.69, 9.17) is 17.0 Å². The van der Waals surface area contributed by atoms with Crippen LogP contribution in [0, 0.1) is 14.9 Å². The SMILES string of the molecule is COCCCn1c(=S)[nH]c2cc(C(=O)NC(C)c3cccc([N+](=O)[O-])c3)ccc2c1=O. The summed E-state index contributed by atoms with van der Waals surface area (Å²) in [4.78, 5) is 39.0. The summed E-state index contributed by atoms with van der Waals surface area (Å²) in [5.41, 5.74) is 1.15. The lowest BCUT2D eigenvalue weighted by atomic mass is 10.1. The fraction of sp³-hybridized carbons (Fsp3) is 0.286. The monoisotopic (exact) mass is 442 g/mol. The number of carbonyl (C=O) groups excluding carboxylic acids is 1. The maximum atomic E-state index is 12.8. The van der Waals surface area contributed by atoms with Gasteiger partial charge in [0, 0.05) is 38.0 Å². The minimum absolute atomic E-state index is 0.0429. The van der Waals surface area contributed by atoms with E-state index in [9.17, 15) is 19.7 Å². The van der Waals surface area contributed by atoms with Gasteiger partial charge in [0.2, 0.25) is 0 Å². The molecule has 0 fully saturated rings. The zero-order chi connectivity index (χ0) is 22.5. The first-order valence-corrected chi connectivity index (χ1v) is 10.0. The third-order valence-corrected chi connectivity index (χ3v) is 5.23. The number of hydrogen-bond acceptors (Lipinski definition) is 6. The number of nitro benzene ring substituents is 1. The molecule has 9 nitrogen and oxygen atoms in total. The van der Waals surface area contributed by atoms with Gasteiger partial charge in [0.15, 0.2) is 4.77 Å². The Labute approximate surface area is 182 Å². The molecular weight excluding hydrogens is 420 g/mol. The van der Waals surface area contributed by atoms with E-state index in [1.807, 2.05) is 0 Å². The maximum absolute atomic E-state index is 12.8. The number of nitrogens with one attached hydrogen (secondary N) is 2. The molecule has 3 rings (SSSR count). The normalized spacial score (nSPS) is 11.9. The Bertz CT molecular complexity index is 1250. The van der Waals surface area contributed by atoms with Crippen molar-refractivity contribution in [3.8, 4) is 0 Å². The number of non-ortho nitro benzene ring substituents is 1. The van der Waals surface area contributed by atoms with Crippen molar-refractivity contribution in [2.75, 3.05) is 13.7 Å². The third-order valence-electron chi connectivity index (χ3n) is 4.90. The van der Waals surface area contributed by atoms with E-state index in [0.717, 1.165) is 0 Å². The van der Waals surface area contributed by atoms with Crippen LogP contribution in [0.3, 0.4) is 0 Å². The van der Waals surface area contributed by atoms with Crippen LogP contribution in [0.2, 0.25) is 0 Å². The number of carbonyl (C=O) groups is 1. The van der Waals surface area contributed by atoms with Crippen molar-refractivity contribution < 1.29 is 14.5 Å². The number of methoxy groups -OCH3 is 1. The van der Waals surface area contributed by atoms with Gasteiger partial charge in [-0.3, -0.25) is 24.3 Å². The maximum Gasteiger partial charge on any atom is 0.269 e. The standard InChI is InChI=1S/C21H22N4O5S/c1-13(14-5-3-6-16(11-14)25(28)29)22-19(26)15-7-8-17-18(12-15)23-21(31)24(20(17)27)9-4-10-30-2/h3,5-8,11-13H,4,9-10H2,1-2H3,(H,22,26)(H,23,31). The van der Waals surface area contributed by atoms with Crippen molar-refractivity contribution in [3.05, 3.63) is 78.8 Å². The number of aromatic amines is 1. The Morgan fingerprint density at radius 2 is 2.10 bits per heavy atom. The molecule has 0 aliphatic rings. The molecule has 0 aliphatic heterocycles. The van der Waals surface area contributed by atoms with Crippen LogP contribution in [0.15, 0.2) is 47.3 Å². The summed E-state index contributed by atoms with van der Waals surface area (Å²) in [7, 11) is 1.59. The van der Waals surface area contributed by atoms with Crippen molar-refractivity contribution in [2.45, 2.75) is 25.9 Å². The second kappa shape index (κ2) is 9.63. The van der Waals surface area contributed by atoms with Gasteiger partial charge in [-0.25, -0.2) is 0 Å². The first kappa shape index (κ1) is 22.3. The zero-order valence-electron chi connectivity index (χ0n) is 17.1. The summed E-state index contributed by atoms with van der Waals surface area (Å²) < 4.78 is 6.76. The Hall–Kier alpha value is -3.37. The van der Waals surface area contributed by atoms with E-state index in [2.05, 4.69) is 10.3 Å². The number of nitro groups is 1. The molecule has 0 bridgehead atoms. The average molecular weight is 442 g/mol. The molecule has 31 heavy (non-hydrogen) atoms. The molecule has 0 saturated heterocycles. The van der Waals surface area contributed by atoms with Crippen LogP contribution in [0.4, 0.5) is 5.69 Å². The summed E-state index contributed by atoms with van der Waals surface area (Å²) in [6.07, 6.45) is 0.648. The number of fused-ring (bicyclic) bond motifs is 1. The van der Waals surface area contributed by atoms with Crippen LogP contribution in [0.1, 0.15) is 35.3 Å². The molecule has 0 radical (unpaired) electrons. The summed E-state index contributed by atoms with van der Waals surface area (Å²) in [6.45, 7) is 2.69. The fourth-order valence-corrected chi connectivity index (χ4v) is 3.52. The van der Waals surface area contributed by atoms with Crippen LogP contribution in [0.5, 0.6) is 0 Å². The predicted octanol–water partition coefficient (Wildman–Crippen LogP) is 3.49. The molecule has 10 heteroatoms. The van der Waals surface area contributed by atoms with Crippen LogP contribution < -0.4 is 10.9 Å². The van der Waals surface area contributed by atoms with E-state index in [-0.39, 0.29) is 21.9 Å². The van der Waals surface area contributed by atoms with Crippen molar-refractivity contribution in [1.29, 1.82) is 0 Å². The molecular formula is C21H22N4O5S. The summed E-state index contributed by atoms with van der Waals surface area (Å²) in [5, 5.41) is 14.2. The highest BCUT2D eigenvalue weighted by molar-refractivity contribution is 7.71. The number of H-pyrrole nitrogens is 1. The number of hydrogen-bond donors (Lipinski definition) is 2. The first-order chi connectivity index (χ1) is 14.8. The lowest BCUT2D eigenvalue weighted by Gasteiger charge is -2.15. The van der Waals surface area contributed by atoms with Gasteiger partial charge in [-0.05, 0) is 49.3 Å². The molecule has 1 heterocycles. The number of nitrogens with zero attached hydrogens (tertiary/aromatic N) is 2. The number of rotatable bonds is 8. The van der Waals surface area contributed by atoms with E-state index < -0.39 is 11.0 Å². The van der Waals surface area contributed by atoms with Crippen LogP contribution in [0.25, 0.3) is 10.9 Å². The molecule has 2 N–H and O–H groups in total. The summed E-state index contributed by atoms with van der Waals surface area (Å²) >= 11 is 5.30. The molecule has 0 spiro atoms. The Morgan fingerprint density at radius 3 is 2.81 bits per heavy atom. The van der Waals surface area contributed by atoms with Gasteiger partial charge < -0.3 is 15.0 Å². The fourth-order valence-electron chi connectivity index (χ4n) is 3.24. The predicted molar refractivity (Wildman–Crippen MR) is 119 cm³/mol. The second-order valence-corrected chi connectivity index (χ2v) is 7.43. The highest BCUT2D eigenvalue weighted by Gasteiger charge is 2.15. The Kier molecular flexibility index (Phi) is 6.93. The average Bonchev–Trinajstić information content (AvgIpc) is 2.75. The Balaban J connectivity index is 1.84. The molecule has 1 unspecified atom stereocenters. The van der Waals surface area contributed by atoms with Crippen molar-refractivity contribution in [3.63, 3.8) is 0 Å². The number of amides is 1. The molecule has 1 amide bonds. The zero-order valence-corrected chi connectivity index (χ0v) is 17.9. The number of aromatic nitrogens is 2. The summed E-state index contributed by atoms with van der Waals surface area (Å²) in [6, 6.07) is 10.4. The summed E-state index contributed by atoms with van der Waals surface area (Å²) in [5.74, 6) is -0.371. The van der Waals surface area contributed by atoms with E-state index in [0.29, 0.717) is 41.6 Å². The van der Waals surface area contributed by atoms with E-state index in [1.54, 1.807) is 44.4 Å². The van der Waals surface area contributed by atoms with Crippen LogP contribution in [-0.4, -0.2) is 34.1 Å². The largest absolute Gasteiger partial charge is 0.385 e. The molecule has 2 aromatic carbocycles. The Morgan fingerprint density at radius 1 is 1.32 bits per heavy atom. The van der Waals surface area contributed by atoms with Gasteiger partial charge in [-0.1, -0.05) is 12.1 Å². The van der Waals surface area contributed by atoms with E-state index >= 15 is 0 Å². The smallest absolute Gasteiger partial charge is 0.269 e. The van der Waals surface area contributed by atoms with Gasteiger partial charge >= 0.3 is 0 Å². The number of ether oxygens (including phenoxy) is 1.